The molecule has 1 atom stereocenters. The Labute approximate surface area is 170 Å². The second-order valence-corrected chi connectivity index (χ2v) is 9.61. The van der Waals surface area contributed by atoms with E-state index in [2.05, 4.69) is 65.7 Å². The highest BCUT2D eigenvalue weighted by Gasteiger charge is 2.30. The summed E-state index contributed by atoms with van der Waals surface area (Å²) in [7, 11) is 0. The standard InChI is InChI=1S/C22H29N5S/c1-12(2)19-16-9-18(15-5-7-23-8-6-15)28-22(16)26-20(19)17-10-27-21(24-11-25-27)14(4)13(17)3/h9-12,15,21,23,26H,5-8H2,1-4H3,(H,24,25). The van der Waals surface area contributed by atoms with E-state index < -0.39 is 0 Å². The molecule has 28 heavy (non-hydrogen) atoms. The molecule has 1 fully saturated rings. The van der Waals surface area contributed by atoms with Crippen molar-refractivity contribution < 1.29 is 0 Å². The molecule has 148 valence electrons. The van der Waals surface area contributed by atoms with Gasteiger partial charge >= 0.3 is 0 Å². The van der Waals surface area contributed by atoms with Crippen molar-refractivity contribution in [1.29, 1.82) is 0 Å². The summed E-state index contributed by atoms with van der Waals surface area (Å²) < 4.78 is 0. The number of hydrogen-bond donors (Lipinski definition) is 3. The largest absolute Gasteiger partial charge is 0.346 e. The van der Waals surface area contributed by atoms with Gasteiger partial charge in [-0.15, -0.1) is 11.3 Å². The third kappa shape index (κ3) is 2.73. The van der Waals surface area contributed by atoms with Crippen LogP contribution in [0.15, 0.2) is 28.4 Å². The predicted molar refractivity (Wildman–Crippen MR) is 119 cm³/mol. The van der Waals surface area contributed by atoms with Crippen LogP contribution in [0.2, 0.25) is 0 Å². The van der Waals surface area contributed by atoms with Crippen molar-refractivity contribution in [3.05, 3.63) is 39.5 Å². The summed E-state index contributed by atoms with van der Waals surface area (Å²) in [5.74, 6) is 1.17. The van der Waals surface area contributed by atoms with Crippen molar-refractivity contribution in [2.45, 2.75) is 58.5 Å². The van der Waals surface area contributed by atoms with Gasteiger partial charge in [0, 0.05) is 22.0 Å². The van der Waals surface area contributed by atoms with Gasteiger partial charge in [-0.05, 0) is 74.4 Å². The van der Waals surface area contributed by atoms with Gasteiger partial charge in [0.25, 0.3) is 0 Å². The van der Waals surface area contributed by atoms with Crippen LogP contribution in [0.3, 0.4) is 0 Å². The number of hydrazine groups is 1. The molecule has 5 heterocycles. The average Bonchev–Trinajstić information content (AvgIpc) is 3.38. The minimum absolute atomic E-state index is 0.0915. The maximum absolute atomic E-state index is 4.54. The molecule has 2 aromatic rings. The molecule has 2 aromatic heterocycles. The van der Waals surface area contributed by atoms with E-state index in [-0.39, 0.29) is 6.17 Å². The van der Waals surface area contributed by atoms with Gasteiger partial charge in [0.05, 0.1) is 5.69 Å². The van der Waals surface area contributed by atoms with Crippen molar-refractivity contribution in [2.24, 2.45) is 4.99 Å². The fraction of sp³-hybridized carbons (Fsp3) is 0.500. The van der Waals surface area contributed by atoms with Gasteiger partial charge in [0.2, 0.25) is 0 Å². The van der Waals surface area contributed by atoms with Gasteiger partial charge in [-0.2, -0.15) is 0 Å². The molecule has 0 radical (unpaired) electrons. The molecule has 5 rings (SSSR count). The van der Waals surface area contributed by atoms with Gasteiger partial charge in [-0.3, -0.25) is 10.4 Å². The number of allylic oxidation sites excluding steroid dienone is 2. The van der Waals surface area contributed by atoms with E-state index in [1.807, 2.05) is 11.3 Å². The quantitative estimate of drug-likeness (QED) is 0.707. The molecule has 0 bridgehead atoms. The van der Waals surface area contributed by atoms with Crippen LogP contribution in [0.1, 0.15) is 68.5 Å². The number of fused-ring (bicyclic) bond motifs is 2. The fourth-order valence-electron chi connectivity index (χ4n) is 4.77. The summed E-state index contributed by atoms with van der Waals surface area (Å²) in [4.78, 5) is 11.2. The molecule has 1 unspecified atom stereocenters. The molecule has 0 amide bonds. The topological polar surface area (TPSA) is 55.5 Å². The van der Waals surface area contributed by atoms with E-state index in [0.717, 1.165) is 13.1 Å². The van der Waals surface area contributed by atoms with Crippen molar-refractivity contribution >= 4 is 33.5 Å². The Morgan fingerprint density at radius 2 is 2.00 bits per heavy atom. The minimum atomic E-state index is 0.0915. The first kappa shape index (κ1) is 18.0. The fourth-order valence-corrected chi connectivity index (χ4v) is 6.02. The van der Waals surface area contributed by atoms with Crippen molar-refractivity contribution in [2.75, 3.05) is 13.1 Å². The van der Waals surface area contributed by atoms with Gasteiger partial charge in [-0.25, -0.2) is 4.99 Å². The SMILES string of the molecule is CC1=C(C)C2N=CNN2C=C1c1[nH]c2sc(C3CCNCC3)cc2c1C(C)C. The van der Waals surface area contributed by atoms with Crippen molar-refractivity contribution in [3.63, 3.8) is 0 Å². The maximum atomic E-state index is 4.54. The van der Waals surface area contributed by atoms with Crippen LogP contribution in [-0.4, -0.2) is 35.6 Å². The average molecular weight is 396 g/mol. The first-order valence-corrected chi connectivity index (χ1v) is 11.2. The number of aromatic nitrogens is 1. The van der Waals surface area contributed by atoms with Gasteiger partial charge in [0.1, 0.15) is 11.2 Å². The summed E-state index contributed by atoms with van der Waals surface area (Å²) in [6.45, 7) is 11.3. The van der Waals surface area contributed by atoms with Crippen LogP contribution in [0.4, 0.5) is 0 Å². The first-order valence-electron chi connectivity index (χ1n) is 10.4. The smallest absolute Gasteiger partial charge is 0.162 e. The number of nitrogens with one attached hydrogen (secondary N) is 3. The van der Waals surface area contributed by atoms with Gasteiger partial charge in [-0.1, -0.05) is 13.8 Å². The summed E-state index contributed by atoms with van der Waals surface area (Å²) in [5.41, 5.74) is 9.89. The highest BCUT2D eigenvalue weighted by atomic mass is 32.1. The molecule has 3 aliphatic heterocycles. The van der Waals surface area contributed by atoms with Gasteiger partial charge < -0.3 is 10.3 Å². The summed E-state index contributed by atoms with van der Waals surface area (Å²) in [5, 5.41) is 7.01. The molecule has 6 heteroatoms. The van der Waals surface area contributed by atoms with Crippen molar-refractivity contribution in [1.82, 2.24) is 20.7 Å². The summed E-state index contributed by atoms with van der Waals surface area (Å²) >= 11 is 1.96. The van der Waals surface area contributed by atoms with E-state index in [9.17, 15) is 0 Å². The van der Waals surface area contributed by atoms with E-state index >= 15 is 0 Å². The lowest BCUT2D eigenvalue weighted by Crippen LogP contribution is -2.37. The lowest BCUT2D eigenvalue weighted by molar-refractivity contribution is 0.304. The third-order valence-corrected chi connectivity index (χ3v) is 7.69. The summed E-state index contributed by atoms with van der Waals surface area (Å²) in [6.07, 6.45) is 6.61. The Morgan fingerprint density at radius 1 is 1.21 bits per heavy atom. The molecule has 3 aliphatic rings. The molecule has 0 spiro atoms. The molecule has 1 saturated heterocycles. The lowest BCUT2D eigenvalue weighted by atomic mass is 9.90. The highest BCUT2D eigenvalue weighted by Crippen LogP contribution is 2.44. The van der Waals surface area contributed by atoms with Gasteiger partial charge in [0.15, 0.2) is 6.17 Å². The number of H-pyrrole nitrogens is 1. The normalized spacial score (nSPS) is 23.0. The Balaban J connectivity index is 1.60. The van der Waals surface area contributed by atoms with E-state index in [1.165, 1.54) is 51.0 Å². The molecule has 3 N–H and O–H groups in total. The maximum Gasteiger partial charge on any atom is 0.162 e. The number of aromatic amines is 1. The van der Waals surface area contributed by atoms with E-state index in [4.69, 9.17) is 0 Å². The number of hydrogen-bond acceptors (Lipinski definition) is 5. The predicted octanol–water partition coefficient (Wildman–Crippen LogP) is 4.69. The number of rotatable bonds is 3. The molecular formula is C22H29N5S. The zero-order chi connectivity index (χ0) is 19.4. The molecule has 0 aromatic carbocycles. The van der Waals surface area contributed by atoms with E-state index in [1.54, 1.807) is 11.2 Å². The van der Waals surface area contributed by atoms with Crippen molar-refractivity contribution in [3.8, 4) is 0 Å². The van der Waals surface area contributed by atoms with Crippen LogP contribution < -0.4 is 10.7 Å². The number of nitrogens with zero attached hydrogens (tertiary/aromatic N) is 2. The third-order valence-electron chi connectivity index (χ3n) is 6.47. The zero-order valence-electron chi connectivity index (χ0n) is 17.1. The second-order valence-electron chi connectivity index (χ2n) is 8.52. The number of piperidine rings is 1. The minimum Gasteiger partial charge on any atom is -0.346 e. The molecular weight excluding hydrogens is 366 g/mol. The first-order chi connectivity index (χ1) is 13.5. The Kier molecular flexibility index (Phi) is 4.36. The Morgan fingerprint density at radius 3 is 2.75 bits per heavy atom. The van der Waals surface area contributed by atoms with Crippen LogP contribution in [0, 0.1) is 0 Å². The Hall–Kier alpha value is -2.05. The van der Waals surface area contributed by atoms with Crippen LogP contribution in [0.5, 0.6) is 0 Å². The number of thiophene rings is 1. The lowest BCUT2D eigenvalue weighted by Gasteiger charge is -2.30. The number of aliphatic imine (C=N–C) groups is 1. The highest BCUT2D eigenvalue weighted by molar-refractivity contribution is 7.18. The monoisotopic (exact) mass is 395 g/mol. The van der Waals surface area contributed by atoms with Crippen LogP contribution in [0.25, 0.3) is 15.8 Å². The Bertz CT molecular complexity index is 1000. The summed E-state index contributed by atoms with van der Waals surface area (Å²) in [6, 6.07) is 2.47. The molecule has 0 aliphatic carbocycles. The van der Waals surface area contributed by atoms with Crippen LogP contribution >= 0.6 is 11.3 Å². The van der Waals surface area contributed by atoms with E-state index in [0.29, 0.717) is 11.8 Å². The molecule has 5 nitrogen and oxygen atoms in total. The van der Waals surface area contributed by atoms with Crippen LogP contribution in [-0.2, 0) is 0 Å². The second kappa shape index (κ2) is 6.78. The zero-order valence-corrected chi connectivity index (χ0v) is 17.9. The molecule has 0 saturated carbocycles.